The van der Waals surface area contributed by atoms with Crippen LogP contribution in [0, 0.1) is 10.1 Å². The van der Waals surface area contributed by atoms with Crippen LogP contribution in [-0.4, -0.2) is 16.6 Å². The molecular formula is C16H16N2O3S. The Balaban J connectivity index is 2.05. The number of benzene rings is 2. The first kappa shape index (κ1) is 16.0. The van der Waals surface area contributed by atoms with Gasteiger partial charge < -0.3 is 5.32 Å². The van der Waals surface area contributed by atoms with Crippen molar-refractivity contribution in [2.45, 2.75) is 12.7 Å². The molecule has 0 heterocycles. The summed E-state index contributed by atoms with van der Waals surface area (Å²) in [6.45, 7) is 2.10. The molecule has 2 aromatic rings. The van der Waals surface area contributed by atoms with E-state index in [1.54, 1.807) is 24.3 Å². The molecule has 0 aliphatic rings. The Morgan fingerprint density at radius 1 is 1.23 bits per heavy atom. The van der Waals surface area contributed by atoms with Gasteiger partial charge in [0.05, 0.1) is 4.92 Å². The molecule has 6 heteroatoms. The van der Waals surface area contributed by atoms with Crippen LogP contribution in [0.25, 0.3) is 0 Å². The number of nitro groups is 1. The maximum absolute atomic E-state index is 12.1. The molecule has 5 nitrogen and oxygen atoms in total. The first-order valence-electron chi connectivity index (χ1n) is 6.82. The second kappa shape index (κ2) is 7.61. The van der Waals surface area contributed by atoms with E-state index in [1.165, 1.54) is 17.7 Å². The summed E-state index contributed by atoms with van der Waals surface area (Å²) >= 11 is 1.82. The van der Waals surface area contributed by atoms with Gasteiger partial charge in [-0.05, 0) is 29.5 Å². The molecule has 1 amide bonds. The minimum absolute atomic E-state index is 0.0512. The van der Waals surface area contributed by atoms with Crippen molar-refractivity contribution < 1.29 is 9.72 Å². The Labute approximate surface area is 132 Å². The van der Waals surface area contributed by atoms with Crippen LogP contribution in [0.4, 0.5) is 11.4 Å². The zero-order valence-corrected chi connectivity index (χ0v) is 12.9. The van der Waals surface area contributed by atoms with Crippen molar-refractivity contribution in [3.63, 3.8) is 0 Å². The Bertz CT molecular complexity index is 671. The predicted octanol–water partition coefficient (Wildman–Crippen LogP) is 4.10. The molecule has 0 aromatic heterocycles. The summed E-state index contributed by atoms with van der Waals surface area (Å²) in [4.78, 5) is 22.4. The highest BCUT2D eigenvalue weighted by atomic mass is 32.2. The third kappa shape index (κ3) is 4.33. The van der Waals surface area contributed by atoms with E-state index in [-0.39, 0.29) is 11.6 Å². The largest absolute Gasteiger partial charge is 0.322 e. The predicted molar refractivity (Wildman–Crippen MR) is 89.3 cm³/mol. The number of hydrogen-bond acceptors (Lipinski definition) is 4. The lowest BCUT2D eigenvalue weighted by Crippen LogP contribution is -2.11. The van der Waals surface area contributed by atoms with Gasteiger partial charge in [0.25, 0.3) is 11.6 Å². The van der Waals surface area contributed by atoms with Crippen molar-refractivity contribution in [1.29, 1.82) is 0 Å². The molecule has 0 spiro atoms. The maximum Gasteiger partial charge on any atom is 0.271 e. The van der Waals surface area contributed by atoms with Gasteiger partial charge >= 0.3 is 0 Å². The third-order valence-corrected chi connectivity index (χ3v) is 3.95. The van der Waals surface area contributed by atoms with Crippen LogP contribution in [-0.2, 0) is 5.75 Å². The van der Waals surface area contributed by atoms with E-state index in [2.05, 4.69) is 12.2 Å². The highest BCUT2D eigenvalue weighted by Crippen LogP contribution is 2.18. The van der Waals surface area contributed by atoms with E-state index >= 15 is 0 Å². The van der Waals surface area contributed by atoms with Crippen LogP contribution >= 0.6 is 11.8 Å². The van der Waals surface area contributed by atoms with Crippen LogP contribution in [0.1, 0.15) is 22.8 Å². The molecule has 0 atom stereocenters. The summed E-state index contributed by atoms with van der Waals surface area (Å²) in [5.74, 6) is 1.69. The van der Waals surface area contributed by atoms with E-state index in [4.69, 9.17) is 0 Å². The number of anilines is 1. The molecule has 0 aliphatic carbocycles. The molecule has 0 fully saturated rings. The van der Waals surface area contributed by atoms with Crippen molar-refractivity contribution >= 4 is 29.0 Å². The van der Waals surface area contributed by atoms with Gasteiger partial charge in [0.15, 0.2) is 0 Å². The normalized spacial score (nSPS) is 10.2. The molecule has 0 saturated carbocycles. The van der Waals surface area contributed by atoms with Gasteiger partial charge in [-0.3, -0.25) is 14.9 Å². The Morgan fingerprint density at radius 2 is 1.95 bits per heavy atom. The van der Waals surface area contributed by atoms with Crippen molar-refractivity contribution in [3.05, 3.63) is 69.8 Å². The Kier molecular flexibility index (Phi) is 5.55. The molecule has 0 unspecified atom stereocenters. The SMILES string of the molecule is CCSCc1ccc(C(=O)Nc2cccc([N+](=O)[O-])c2)cc1. The molecule has 0 saturated heterocycles. The Morgan fingerprint density at radius 3 is 2.59 bits per heavy atom. The number of rotatable bonds is 6. The zero-order chi connectivity index (χ0) is 15.9. The Hall–Kier alpha value is -2.34. The number of nitrogens with zero attached hydrogens (tertiary/aromatic N) is 1. The zero-order valence-electron chi connectivity index (χ0n) is 12.1. The standard InChI is InChI=1S/C16H16N2O3S/c1-2-22-11-12-6-8-13(9-7-12)16(19)17-14-4-3-5-15(10-14)18(20)21/h3-10H,2,11H2,1H3,(H,17,19). The fraction of sp³-hybridized carbons (Fsp3) is 0.188. The first-order chi connectivity index (χ1) is 10.6. The molecule has 2 rings (SSSR count). The van der Waals surface area contributed by atoms with Crippen molar-refractivity contribution in [2.24, 2.45) is 0 Å². The summed E-state index contributed by atoms with van der Waals surface area (Å²) in [7, 11) is 0. The minimum atomic E-state index is -0.490. The van der Waals surface area contributed by atoms with Crippen molar-refractivity contribution in [3.8, 4) is 0 Å². The molecule has 22 heavy (non-hydrogen) atoms. The van der Waals surface area contributed by atoms with E-state index in [1.807, 2.05) is 23.9 Å². The third-order valence-electron chi connectivity index (χ3n) is 3.00. The summed E-state index contributed by atoms with van der Waals surface area (Å²) in [6.07, 6.45) is 0. The fourth-order valence-corrected chi connectivity index (χ4v) is 2.51. The number of nitrogens with one attached hydrogen (secondary N) is 1. The van der Waals surface area contributed by atoms with Crippen molar-refractivity contribution in [2.75, 3.05) is 11.1 Å². The molecule has 114 valence electrons. The smallest absolute Gasteiger partial charge is 0.271 e. The number of thioether (sulfide) groups is 1. The van der Waals surface area contributed by atoms with Crippen LogP contribution in [0.15, 0.2) is 48.5 Å². The van der Waals surface area contributed by atoms with Gasteiger partial charge in [-0.15, -0.1) is 0 Å². The molecule has 2 aromatic carbocycles. The maximum atomic E-state index is 12.1. The molecule has 0 bridgehead atoms. The topological polar surface area (TPSA) is 72.2 Å². The van der Waals surface area contributed by atoms with E-state index in [0.29, 0.717) is 11.3 Å². The minimum Gasteiger partial charge on any atom is -0.322 e. The van der Waals surface area contributed by atoms with Crippen molar-refractivity contribution in [1.82, 2.24) is 0 Å². The quantitative estimate of drug-likeness (QED) is 0.643. The van der Waals surface area contributed by atoms with E-state index in [0.717, 1.165) is 11.5 Å². The number of nitro benzene ring substituents is 1. The second-order valence-electron chi connectivity index (χ2n) is 4.60. The average molecular weight is 316 g/mol. The van der Waals surface area contributed by atoms with Gasteiger partial charge in [-0.1, -0.05) is 25.1 Å². The van der Waals surface area contributed by atoms with E-state index < -0.39 is 4.92 Å². The van der Waals surface area contributed by atoms with Gasteiger partial charge in [0.1, 0.15) is 0 Å². The van der Waals surface area contributed by atoms with Gasteiger partial charge in [-0.25, -0.2) is 0 Å². The summed E-state index contributed by atoms with van der Waals surface area (Å²) in [5, 5.41) is 13.4. The lowest BCUT2D eigenvalue weighted by Gasteiger charge is -2.06. The monoisotopic (exact) mass is 316 g/mol. The van der Waals surface area contributed by atoms with Crippen LogP contribution in [0.5, 0.6) is 0 Å². The number of amides is 1. The molecule has 0 aliphatic heterocycles. The molecule has 1 N–H and O–H groups in total. The lowest BCUT2D eigenvalue weighted by atomic mass is 10.1. The first-order valence-corrected chi connectivity index (χ1v) is 7.98. The highest BCUT2D eigenvalue weighted by molar-refractivity contribution is 7.98. The summed E-state index contributed by atoms with van der Waals surface area (Å²) in [6, 6.07) is 13.3. The van der Waals surface area contributed by atoms with E-state index in [9.17, 15) is 14.9 Å². The van der Waals surface area contributed by atoms with Gasteiger partial charge in [0.2, 0.25) is 0 Å². The molecular weight excluding hydrogens is 300 g/mol. The summed E-state index contributed by atoms with van der Waals surface area (Å²) < 4.78 is 0. The number of carbonyl (C=O) groups excluding carboxylic acids is 1. The van der Waals surface area contributed by atoms with Gasteiger partial charge in [-0.2, -0.15) is 11.8 Å². The van der Waals surface area contributed by atoms with Crippen LogP contribution < -0.4 is 5.32 Å². The number of non-ortho nitro benzene ring substituents is 1. The van der Waals surface area contributed by atoms with Gasteiger partial charge in [0, 0.05) is 29.1 Å². The number of carbonyl (C=O) groups is 1. The lowest BCUT2D eigenvalue weighted by molar-refractivity contribution is -0.384. The average Bonchev–Trinajstić information content (AvgIpc) is 2.53. The second-order valence-corrected chi connectivity index (χ2v) is 5.87. The van der Waals surface area contributed by atoms with Crippen LogP contribution in [0.2, 0.25) is 0 Å². The summed E-state index contributed by atoms with van der Waals surface area (Å²) in [5.41, 5.74) is 2.05. The number of hydrogen-bond donors (Lipinski definition) is 1. The van der Waals surface area contributed by atoms with Crippen LogP contribution in [0.3, 0.4) is 0 Å². The molecule has 0 radical (unpaired) electrons. The highest BCUT2D eigenvalue weighted by Gasteiger charge is 2.09. The fourth-order valence-electron chi connectivity index (χ4n) is 1.87.